The first-order chi connectivity index (χ1) is 17.7. The number of aromatic nitrogens is 3. The van der Waals surface area contributed by atoms with E-state index < -0.39 is 0 Å². The van der Waals surface area contributed by atoms with E-state index in [-0.39, 0.29) is 11.2 Å². The van der Waals surface area contributed by atoms with Crippen LogP contribution in [-0.2, 0) is 17.9 Å². The summed E-state index contributed by atoms with van der Waals surface area (Å²) in [5.41, 5.74) is 4.07. The SMILES string of the molecule is CC(Sc1nnc(CN2CCCC2)n1Cc1ccccc1)C(=O)Nc1ccccc1-c1ccccc1. The van der Waals surface area contributed by atoms with Gasteiger partial charge in [-0.2, -0.15) is 0 Å². The van der Waals surface area contributed by atoms with E-state index in [1.807, 2.05) is 67.6 Å². The van der Waals surface area contributed by atoms with E-state index >= 15 is 0 Å². The molecule has 5 rings (SSSR count). The van der Waals surface area contributed by atoms with E-state index in [1.54, 1.807) is 0 Å². The first kappa shape index (κ1) is 24.3. The fraction of sp³-hybridized carbons (Fsp3) is 0.276. The van der Waals surface area contributed by atoms with Gasteiger partial charge in [-0.1, -0.05) is 90.6 Å². The maximum Gasteiger partial charge on any atom is 0.237 e. The van der Waals surface area contributed by atoms with Gasteiger partial charge in [0.2, 0.25) is 5.91 Å². The molecule has 0 bridgehead atoms. The summed E-state index contributed by atoms with van der Waals surface area (Å²) in [6.07, 6.45) is 2.46. The Morgan fingerprint density at radius 1 is 0.889 bits per heavy atom. The van der Waals surface area contributed by atoms with Gasteiger partial charge in [0.05, 0.1) is 18.3 Å². The van der Waals surface area contributed by atoms with Gasteiger partial charge in [-0.25, -0.2) is 0 Å². The van der Waals surface area contributed by atoms with E-state index in [1.165, 1.54) is 30.2 Å². The van der Waals surface area contributed by atoms with Crippen LogP contribution in [-0.4, -0.2) is 43.9 Å². The largest absolute Gasteiger partial charge is 0.325 e. The minimum absolute atomic E-state index is 0.0567. The molecule has 1 aromatic heterocycles. The van der Waals surface area contributed by atoms with E-state index in [2.05, 4.69) is 49.2 Å². The van der Waals surface area contributed by atoms with Gasteiger partial charge in [0, 0.05) is 11.3 Å². The lowest BCUT2D eigenvalue weighted by Crippen LogP contribution is -2.24. The molecule has 1 atom stereocenters. The van der Waals surface area contributed by atoms with Crippen molar-refractivity contribution in [1.82, 2.24) is 19.7 Å². The van der Waals surface area contributed by atoms with Crippen molar-refractivity contribution >= 4 is 23.4 Å². The standard InChI is InChI=1S/C29H31N5OS/c1-22(28(35)30-26-17-9-8-16-25(26)24-14-6-3-7-15-24)36-29-32-31-27(21-33-18-10-11-19-33)34(29)20-23-12-4-2-5-13-23/h2-9,12-17,22H,10-11,18-21H2,1H3,(H,30,35). The molecule has 1 N–H and O–H groups in total. The Kier molecular flexibility index (Phi) is 7.79. The van der Waals surface area contributed by atoms with Crippen LogP contribution in [0.3, 0.4) is 0 Å². The number of hydrogen-bond acceptors (Lipinski definition) is 5. The van der Waals surface area contributed by atoms with E-state index in [4.69, 9.17) is 0 Å². The molecule has 1 saturated heterocycles. The molecular weight excluding hydrogens is 466 g/mol. The Bertz CT molecular complexity index is 1290. The molecule has 6 nitrogen and oxygen atoms in total. The van der Waals surface area contributed by atoms with E-state index in [0.717, 1.165) is 47.4 Å². The quantitative estimate of drug-likeness (QED) is 0.300. The molecule has 184 valence electrons. The summed E-state index contributed by atoms with van der Waals surface area (Å²) in [6, 6.07) is 28.4. The Labute approximate surface area is 216 Å². The van der Waals surface area contributed by atoms with Crippen LogP contribution in [0.15, 0.2) is 90.1 Å². The topological polar surface area (TPSA) is 63.1 Å². The van der Waals surface area contributed by atoms with Gasteiger partial charge in [-0.15, -0.1) is 10.2 Å². The highest BCUT2D eigenvalue weighted by Gasteiger charge is 2.23. The van der Waals surface area contributed by atoms with Gasteiger partial charge >= 0.3 is 0 Å². The third-order valence-corrected chi connectivity index (χ3v) is 7.54. The number of anilines is 1. The van der Waals surface area contributed by atoms with Crippen LogP contribution in [0.1, 0.15) is 31.2 Å². The molecule has 0 radical (unpaired) electrons. The lowest BCUT2D eigenvalue weighted by atomic mass is 10.0. The van der Waals surface area contributed by atoms with Gasteiger partial charge in [0.15, 0.2) is 5.16 Å². The Morgan fingerprint density at radius 2 is 1.56 bits per heavy atom. The van der Waals surface area contributed by atoms with Crippen LogP contribution in [0.4, 0.5) is 5.69 Å². The molecule has 1 unspecified atom stereocenters. The smallest absolute Gasteiger partial charge is 0.237 e. The predicted molar refractivity (Wildman–Crippen MR) is 146 cm³/mol. The molecule has 0 saturated carbocycles. The summed E-state index contributed by atoms with van der Waals surface area (Å²) in [5, 5.41) is 12.6. The van der Waals surface area contributed by atoms with Crippen LogP contribution >= 0.6 is 11.8 Å². The zero-order chi connectivity index (χ0) is 24.7. The average Bonchev–Trinajstić information content (AvgIpc) is 3.56. The second-order valence-electron chi connectivity index (χ2n) is 9.11. The van der Waals surface area contributed by atoms with Crippen LogP contribution < -0.4 is 5.32 Å². The number of para-hydroxylation sites is 1. The number of nitrogens with one attached hydrogen (secondary N) is 1. The Balaban J connectivity index is 1.34. The zero-order valence-corrected chi connectivity index (χ0v) is 21.3. The molecule has 0 aliphatic carbocycles. The fourth-order valence-electron chi connectivity index (χ4n) is 4.50. The molecule has 1 fully saturated rings. The van der Waals surface area contributed by atoms with E-state index in [0.29, 0.717) is 6.54 Å². The van der Waals surface area contributed by atoms with E-state index in [9.17, 15) is 4.79 Å². The monoisotopic (exact) mass is 497 g/mol. The molecular formula is C29H31N5OS. The number of nitrogens with zero attached hydrogens (tertiary/aromatic N) is 4. The van der Waals surface area contributed by atoms with Crippen molar-refractivity contribution in [2.75, 3.05) is 18.4 Å². The first-order valence-corrected chi connectivity index (χ1v) is 13.4. The zero-order valence-electron chi connectivity index (χ0n) is 20.5. The highest BCUT2D eigenvalue weighted by atomic mass is 32.2. The van der Waals surface area contributed by atoms with Crippen molar-refractivity contribution < 1.29 is 4.79 Å². The molecule has 36 heavy (non-hydrogen) atoms. The van der Waals surface area contributed by atoms with Gasteiger partial charge in [0.25, 0.3) is 0 Å². The maximum absolute atomic E-state index is 13.3. The number of thioether (sulfide) groups is 1. The number of amides is 1. The van der Waals surface area contributed by atoms with Crippen LogP contribution in [0, 0.1) is 0 Å². The average molecular weight is 498 g/mol. The summed E-state index contributed by atoms with van der Waals surface area (Å²) < 4.78 is 2.17. The molecule has 1 aliphatic rings. The van der Waals surface area contributed by atoms with Crippen LogP contribution in [0.2, 0.25) is 0 Å². The van der Waals surface area contributed by atoms with Crippen molar-refractivity contribution in [2.45, 2.75) is 43.3 Å². The first-order valence-electron chi connectivity index (χ1n) is 12.5. The molecule has 1 aliphatic heterocycles. The van der Waals surface area contributed by atoms with Gasteiger partial charge in [-0.3, -0.25) is 9.69 Å². The third kappa shape index (κ3) is 5.86. The highest BCUT2D eigenvalue weighted by Crippen LogP contribution is 2.30. The van der Waals surface area contributed by atoms with Crippen molar-refractivity contribution in [3.05, 3.63) is 96.3 Å². The summed E-state index contributed by atoms with van der Waals surface area (Å²) in [7, 11) is 0. The normalized spacial score (nSPS) is 14.6. The number of carbonyl (C=O) groups excluding carboxylic acids is 1. The minimum Gasteiger partial charge on any atom is -0.325 e. The van der Waals surface area contributed by atoms with Crippen LogP contribution in [0.5, 0.6) is 0 Å². The lowest BCUT2D eigenvalue weighted by Gasteiger charge is -2.17. The Hall–Kier alpha value is -3.42. The van der Waals surface area contributed by atoms with Crippen LogP contribution in [0.25, 0.3) is 11.1 Å². The van der Waals surface area contributed by atoms with Gasteiger partial charge in [0.1, 0.15) is 5.82 Å². The van der Waals surface area contributed by atoms with Crippen molar-refractivity contribution in [3.8, 4) is 11.1 Å². The summed E-state index contributed by atoms with van der Waals surface area (Å²) in [5.74, 6) is 0.893. The maximum atomic E-state index is 13.3. The second kappa shape index (κ2) is 11.5. The van der Waals surface area contributed by atoms with Gasteiger partial charge < -0.3 is 9.88 Å². The predicted octanol–water partition coefficient (Wildman–Crippen LogP) is 5.71. The minimum atomic E-state index is -0.341. The van der Waals surface area contributed by atoms with Gasteiger partial charge in [-0.05, 0) is 50.0 Å². The Morgan fingerprint density at radius 3 is 2.31 bits per heavy atom. The van der Waals surface area contributed by atoms with Crippen molar-refractivity contribution in [2.24, 2.45) is 0 Å². The molecule has 0 spiro atoms. The number of rotatable bonds is 9. The highest BCUT2D eigenvalue weighted by molar-refractivity contribution is 8.00. The fourth-order valence-corrected chi connectivity index (χ4v) is 5.36. The van der Waals surface area contributed by atoms with Crippen molar-refractivity contribution in [1.29, 1.82) is 0 Å². The summed E-state index contributed by atoms with van der Waals surface area (Å²) in [6.45, 7) is 5.59. The summed E-state index contributed by atoms with van der Waals surface area (Å²) >= 11 is 1.46. The molecule has 4 aromatic rings. The molecule has 3 aromatic carbocycles. The lowest BCUT2D eigenvalue weighted by molar-refractivity contribution is -0.115. The molecule has 2 heterocycles. The number of carbonyl (C=O) groups is 1. The number of likely N-dealkylation sites (tertiary alicyclic amines) is 1. The third-order valence-electron chi connectivity index (χ3n) is 6.46. The number of benzene rings is 3. The summed E-state index contributed by atoms with van der Waals surface area (Å²) in [4.78, 5) is 15.7. The second-order valence-corrected chi connectivity index (χ2v) is 10.4. The van der Waals surface area contributed by atoms with Crippen molar-refractivity contribution in [3.63, 3.8) is 0 Å². The molecule has 1 amide bonds. The number of hydrogen-bond donors (Lipinski definition) is 1. The molecule has 7 heteroatoms.